The molecule has 1 aliphatic rings. The van der Waals surface area contributed by atoms with Gasteiger partial charge in [-0.15, -0.1) is 0 Å². The maximum Gasteiger partial charge on any atom is 0.449 e. The van der Waals surface area contributed by atoms with Crippen molar-refractivity contribution in [1.29, 1.82) is 5.26 Å². The van der Waals surface area contributed by atoms with Crippen LogP contribution in [0, 0.1) is 11.3 Å². The predicted octanol–water partition coefficient (Wildman–Crippen LogP) is 4.16. The zero-order valence-electron chi connectivity index (χ0n) is 13.1. The van der Waals surface area contributed by atoms with Crippen molar-refractivity contribution in [2.24, 2.45) is 0 Å². The molecule has 0 fully saturated rings. The van der Waals surface area contributed by atoms with Crippen molar-refractivity contribution in [3.63, 3.8) is 0 Å². The van der Waals surface area contributed by atoms with Gasteiger partial charge in [0.15, 0.2) is 11.5 Å². The number of carbonyl (C=O) groups is 1. The summed E-state index contributed by atoms with van der Waals surface area (Å²) < 4.78 is 44.6. The number of nitriles is 1. The van der Waals surface area contributed by atoms with Crippen molar-refractivity contribution in [3.05, 3.63) is 58.9 Å². The number of alkyl halides is 3. The summed E-state index contributed by atoms with van der Waals surface area (Å²) >= 11 is 0. The number of halogens is 3. The molecule has 1 atom stereocenters. The van der Waals surface area contributed by atoms with Gasteiger partial charge in [0, 0.05) is 0 Å². The number of carbonyl (C=O) groups excluding carboxylic acids is 1. The zero-order chi connectivity index (χ0) is 18.5. The second kappa shape index (κ2) is 5.59. The van der Waals surface area contributed by atoms with E-state index in [0.717, 1.165) is 0 Å². The van der Waals surface area contributed by atoms with Crippen LogP contribution in [-0.2, 0) is 6.18 Å². The highest BCUT2D eigenvalue weighted by Gasteiger charge is 2.37. The second-order valence-corrected chi connectivity index (χ2v) is 5.89. The Kier molecular flexibility index (Phi) is 3.47. The highest BCUT2D eigenvalue weighted by Crippen LogP contribution is 2.40. The Morgan fingerprint density at radius 2 is 1.92 bits per heavy atom. The van der Waals surface area contributed by atoms with E-state index in [1.54, 1.807) is 24.3 Å². The number of hydrogen-bond acceptors (Lipinski definition) is 4. The van der Waals surface area contributed by atoms with E-state index in [4.69, 9.17) is 10.00 Å². The number of nitrogens with zero attached hydrogens (tertiary/aromatic N) is 2. The van der Waals surface area contributed by atoms with E-state index in [-0.39, 0.29) is 34.6 Å². The molecule has 5 nitrogen and oxygen atoms in total. The fourth-order valence-electron chi connectivity index (χ4n) is 2.94. The number of H-pyrrole nitrogens is 1. The molecule has 4 rings (SSSR count). The molecule has 0 amide bonds. The predicted molar refractivity (Wildman–Crippen MR) is 84.6 cm³/mol. The van der Waals surface area contributed by atoms with Gasteiger partial charge in [-0.2, -0.15) is 18.4 Å². The minimum Gasteiger partial charge on any atom is -0.482 e. The molecule has 8 heteroatoms. The summed E-state index contributed by atoms with van der Waals surface area (Å²) in [5, 5.41) is 8.86. The van der Waals surface area contributed by atoms with Crippen LogP contribution in [0.4, 0.5) is 13.2 Å². The summed E-state index contributed by atoms with van der Waals surface area (Å²) in [5.74, 6) is -1.34. The fourth-order valence-corrected chi connectivity index (χ4v) is 2.94. The molecule has 26 heavy (non-hydrogen) atoms. The van der Waals surface area contributed by atoms with E-state index in [0.29, 0.717) is 11.1 Å². The third-order valence-corrected chi connectivity index (χ3v) is 4.22. The number of aromatic amines is 1. The van der Waals surface area contributed by atoms with E-state index >= 15 is 0 Å². The van der Waals surface area contributed by atoms with E-state index in [1.165, 1.54) is 12.1 Å². The molecule has 2 aromatic carbocycles. The molecule has 0 saturated heterocycles. The largest absolute Gasteiger partial charge is 0.482 e. The van der Waals surface area contributed by atoms with E-state index in [1.807, 2.05) is 6.07 Å². The van der Waals surface area contributed by atoms with Gasteiger partial charge in [-0.05, 0) is 29.8 Å². The van der Waals surface area contributed by atoms with Crippen LogP contribution < -0.4 is 4.74 Å². The van der Waals surface area contributed by atoms with Crippen LogP contribution in [0.3, 0.4) is 0 Å². The maximum atomic E-state index is 12.9. The lowest BCUT2D eigenvalue weighted by molar-refractivity contribution is -0.144. The van der Waals surface area contributed by atoms with E-state index in [2.05, 4.69) is 9.97 Å². The second-order valence-electron chi connectivity index (χ2n) is 5.89. The topological polar surface area (TPSA) is 78.8 Å². The fraction of sp³-hybridized carbons (Fsp3) is 0.167. The third-order valence-electron chi connectivity index (χ3n) is 4.22. The minimum atomic E-state index is -4.63. The Hall–Kier alpha value is -3.34. The lowest BCUT2D eigenvalue weighted by atomic mass is 9.95. The molecule has 3 aromatic rings. The van der Waals surface area contributed by atoms with Crippen LogP contribution in [0.25, 0.3) is 11.0 Å². The van der Waals surface area contributed by atoms with Crippen molar-refractivity contribution >= 4 is 16.8 Å². The quantitative estimate of drug-likeness (QED) is 0.709. The Bertz CT molecular complexity index is 1060. The van der Waals surface area contributed by atoms with Gasteiger partial charge in [0.25, 0.3) is 0 Å². The number of imidazole rings is 1. The molecule has 2 heterocycles. The van der Waals surface area contributed by atoms with Crippen molar-refractivity contribution in [2.75, 3.05) is 0 Å². The highest BCUT2D eigenvalue weighted by molar-refractivity contribution is 6.04. The van der Waals surface area contributed by atoms with Gasteiger partial charge in [0.05, 0.1) is 29.1 Å². The monoisotopic (exact) mass is 357 g/mol. The third kappa shape index (κ3) is 2.58. The Balaban J connectivity index is 1.79. The molecule has 1 N–H and O–H groups in total. The zero-order valence-corrected chi connectivity index (χ0v) is 13.1. The average Bonchev–Trinajstić information content (AvgIpc) is 3.07. The van der Waals surface area contributed by atoms with Gasteiger partial charge >= 0.3 is 6.18 Å². The van der Waals surface area contributed by atoms with Crippen LogP contribution in [-0.4, -0.2) is 15.8 Å². The van der Waals surface area contributed by atoms with Crippen molar-refractivity contribution < 1.29 is 22.7 Å². The summed E-state index contributed by atoms with van der Waals surface area (Å²) in [5.41, 5.74) is 1.45. The molecule has 1 aliphatic heterocycles. The smallest absolute Gasteiger partial charge is 0.449 e. The standard InChI is InChI=1S/C18H10F3N3O2/c19-18(20,21)17-23-12-6-5-11-13(25)7-14(26-16(11)15(12)24-17)10-3-1-9(8-22)2-4-10/h1-6,14H,7H2,(H,23,24)/t14-/m0/s1. The number of ketones is 1. The van der Waals surface area contributed by atoms with Gasteiger partial charge < -0.3 is 9.72 Å². The van der Waals surface area contributed by atoms with E-state index in [9.17, 15) is 18.0 Å². The van der Waals surface area contributed by atoms with Crippen LogP contribution in [0.15, 0.2) is 36.4 Å². The number of benzene rings is 2. The summed E-state index contributed by atoms with van der Waals surface area (Å²) in [6.45, 7) is 0. The molecule has 0 bridgehead atoms. The Labute approximate surface area is 145 Å². The molecule has 1 aromatic heterocycles. The summed E-state index contributed by atoms with van der Waals surface area (Å²) in [7, 11) is 0. The number of Topliss-reactive ketones (excluding diaryl/α,β-unsaturated/α-hetero) is 1. The van der Waals surface area contributed by atoms with E-state index < -0.39 is 18.1 Å². The minimum absolute atomic E-state index is 0.0264. The normalized spacial score (nSPS) is 16.8. The highest BCUT2D eigenvalue weighted by atomic mass is 19.4. The van der Waals surface area contributed by atoms with Crippen LogP contribution in [0.1, 0.15) is 39.8 Å². The molecular weight excluding hydrogens is 347 g/mol. The molecule has 0 spiro atoms. The van der Waals surface area contributed by atoms with Gasteiger partial charge in [-0.3, -0.25) is 4.79 Å². The summed E-state index contributed by atoms with van der Waals surface area (Å²) in [6.07, 6.45) is -5.22. The summed E-state index contributed by atoms with van der Waals surface area (Å²) in [6, 6.07) is 11.3. The number of hydrogen-bond donors (Lipinski definition) is 1. The lowest BCUT2D eigenvalue weighted by Crippen LogP contribution is -2.20. The number of fused-ring (bicyclic) bond motifs is 3. The maximum absolute atomic E-state index is 12.9. The molecule has 0 unspecified atom stereocenters. The molecule has 130 valence electrons. The van der Waals surface area contributed by atoms with Crippen LogP contribution in [0.5, 0.6) is 5.75 Å². The first-order valence-electron chi connectivity index (χ1n) is 7.66. The molecule has 0 radical (unpaired) electrons. The lowest BCUT2D eigenvalue weighted by Gasteiger charge is -2.25. The SMILES string of the molecule is N#Cc1ccc([C@@H]2CC(=O)c3ccc4[nH]c(C(F)(F)F)nc4c3O2)cc1. The van der Waals surface area contributed by atoms with Gasteiger partial charge in [-0.1, -0.05) is 12.1 Å². The average molecular weight is 357 g/mol. The van der Waals surface area contributed by atoms with Crippen molar-refractivity contribution in [2.45, 2.75) is 18.7 Å². The molecule has 0 saturated carbocycles. The first kappa shape index (κ1) is 16.1. The summed E-state index contributed by atoms with van der Waals surface area (Å²) in [4.78, 5) is 18.2. The molecule has 0 aliphatic carbocycles. The number of rotatable bonds is 1. The van der Waals surface area contributed by atoms with Crippen LogP contribution in [0.2, 0.25) is 0 Å². The number of nitrogens with one attached hydrogen (secondary N) is 1. The van der Waals surface area contributed by atoms with Gasteiger partial charge in [-0.25, -0.2) is 4.98 Å². The van der Waals surface area contributed by atoms with Crippen molar-refractivity contribution in [3.8, 4) is 11.8 Å². The molecular formula is C18H10F3N3O2. The van der Waals surface area contributed by atoms with Crippen molar-refractivity contribution in [1.82, 2.24) is 9.97 Å². The Morgan fingerprint density at radius 1 is 1.19 bits per heavy atom. The van der Waals surface area contributed by atoms with Gasteiger partial charge in [0.2, 0.25) is 5.82 Å². The first-order chi connectivity index (χ1) is 12.4. The number of aromatic nitrogens is 2. The van der Waals surface area contributed by atoms with Gasteiger partial charge in [0.1, 0.15) is 11.6 Å². The number of ether oxygens (including phenoxy) is 1. The van der Waals surface area contributed by atoms with Crippen LogP contribution >= 0.6 is 0 Å². The first-order valence-corrected chi connectivity index (χ1v) is 7.66. The Morgan fingerprint density at radius 3 is 2.58 bits per heavy atom.